The number of methoxy groups -OCH3 is 1. The summed E-state index contributed by atoms with van der Waals surface area (Å²) in [6, 6.07) is 7.65. The Labute approximate surface area is 188 Å². The molecule has 4 heterocycles. The van der Waals surface area contributed by atoms with E-state index in [0.29, 0.717) is 11.4 Å². The van der Waals surface area contributed by atoms with Gasteiger partial charge in [-0.1, -0.05) is 12.1 Å². The minimum atomic E-state index is -1.56. The number of rotatable bonds is 10. The number of hydrogen-bond donors (Lipinski definition) is 2. The molecular formula is C24H31FN4O3. The number of aryl methyl sites for hydroxylation is 2. The van der Waals surface area contributed by atoms with Gasteiger partial charge in [-0.2, -0.15) is 0 Å². The number of carboxylic acids is 1. The number of carboxylic acid groups (broad SMARTS) is 1. The molecule has 0 saturated carbocycles. The first kappa shape index (κ1) is 22.5. The predicted octanol–water partition coefficient (Wildman–Crippen LogP) is 3.45. The maximum absolute atomic E-state index is 15.6. The largest absolute Gasteiger partial charge is 0.481 e. The third-order valence-corrected chi connectivity index (χ3v) is 6.46. The first-order valence-corrected chi connectivity index (χ1v) is 11.3. The van der Waals surface area contributed by atoms with Gasteiger partial charge in [-0.25, -0.2) is 14.4 Å². The number of carbonyl (C=O) groups is 1. The van der Waals surface area contributed by atoms with E-state index in [4.69, 9.17) is 9.72 Å². The molecule has 0 spiro atoms. The molecule has 2 aromatic rings. The number of unbranched alkanes of at least 4 members (excludes halogenated alkanes) is 1. The molecule has 8 heteroatoms. The van der Waals surface area contributed by atoms with Crippen LogP contribution in [0.2, 0.25) is 0 Å². The summed E-state index contributed by atoms with van der Waals surface area (Å²) in [4.78, 5) is 22.3. The van der Waals surface area contributed by atoms with Crippen LogP contribution in [-0.4, -0.2) is 64.9 Å². The predicted molar refractivity (Wildman–Crippen MR) is 120 cm³/mol. The first-order valence-electron chi connectivity index (χ1n) is 11.3. The van der Waals surface area contributed by atoms with Gasteiger partial charge in [-0.3, -0.25) is 9.69 Å². The lowest BCUT2D eigenvalue weighted by Gasteiger charge is -2.48. The monoisotopic (exact) mass is 442 g/mol. The van der Waals surface area contributed by atoms with Gasteiger partial charge < -0.3 is 15.2 Å². The fourth-order valence-corrected chi connectivity index (χ4v) is 4.72. The van der Waals surface area contributed by atoms with Crippen molar-refractivity contribution in [3.05, 3.63) is 47.3 Å². The number of hydrogen-bond acceptors (Lipinski definition) is 6. The van der Waals surface area contributed by atoms with Crippen LogP contribution in [0.1, 0.15) is 48.4 Å². The lowest BCUT2D eigenvalue weighted by Crippen LogP contribution is -2.62. The number of fused-ring (bicyclic) bond motifs is 1. The van der Waals surface area contributed by atoms with E-state index in [1.165, 1.54) is 18.9 Å². The third kappa shape index (κ3) is 5.18. The average Bonchev–Trinajstić information content (AvgIpc) is 2.78. The van der Waals surface area contributed by atoms with Gasteiger partial charge in [-0.15, -0.1) is 0 Å². The second-order valence-corrected chi connectivity index (χ2v) is 8.83. The molecule has 32 heavy (non-hydrogen) atoms. The van der Waals surface area contributed by atoms with E-state index < -0.39 is 17.6 Å². The highest BCUT2D eigenvalue weighted by molar-refractivity contribution is 5.68. The second-order valence-electron chi connectivity index (χ2n) is 8.83. The smallest absolute Gasteiger partial charge is 0.304 e. The molecule has 2 N–H and O–H groups in total. The maximum atomic E-state index is 15.6. The topological polar surface area (TPSA) is 87.6 Å². The molecule has 0 radical (unpaired) electrons. The van der Waals surface area contributed by atoms with Crippen molar-refractivity contribution in [2.24, 2.45) is 0 Å². The van der Waals surface area contributed by atoms with Gasteiger partial charge in [0.2, 0.25) is 5.88 Å². The van der Waals surface area contributed by atoms with Gasteiger partial charge in [0.15, 0.2) is 0 Å². The highest BCUT2D eigenvalue weighted by Gasteiger charge is 2.50. The number of aromatic nitrogens is 2. The van der Waals surface area contributed by atoms with E-state index in [1.54, 1.807) is 12.1 Å². The molecule has 1 saturated heterocycles. The molecule has 0 aliphatic carbocycles. The summed E-state index contributed by atoms with van der Waals surface area (Å²) in [6.07, 6.45) is 6.36. The molecule has 2 aromatic heterocycles. The van der Waals surface area contributed by atoms with E-state index >= 15 is 4.39 Å². The summed E-state index contributed by atoms with van der Waals surface area (Å²) in [5.74, 6) is -0.276. The number of aliphatic carboxylic acids is 1. The van der Waals surface area contributed by atoms with Crippen LogP contribution in [-0.2, 0) is 17.6 Å². The quantitative estimate of drug-likeness (QED) is 0.545. The van der Waals surface area contributed by atoms with Crippen molar-refractivity contribution < 1.29 is 19.0 Å². The Balaban J connectivity index is 1.26. The van der Waals surface area contributed by atoms with Crippen LogP contribution < -0.4 is 10.1 Å². The number of pyridine rings is 2. The van der Waals surface area contributed by atoms with Crippen molar-refractivity contribution in [1.82, 2.24) is 14.9 Å². The highest BCUT2D eigenvalue weighted by atomic mass is 19.1. The molecule has 2 aliphatic rings. The van der Waals surface area contributed by atoms with Crippen LogP contribution in [0.15, 0.2) is 30.5 Å². The number of anilines is 1. The summed E-state index contributed by atoms with van der Waals surface area (Å²) < 4.78 is 20.7. The number of likely N-dealkylation sites (tertiary alicyclic amines) is 1. The molecule has 172 valence electrons. The van der Waals surface area contributed by atoms with Crippen LogP contribution in [0.4, 0.5) is 10.2 Å². The molecule has 0 amide bonds. The van der Waals surface area contributed by atoms with Crippen LogP contribution in [0, 0.1) is 0 Å². The summed E-state index contributed by atoms with van der Waals surface area (Å²) in [5.41, 5.74) is 1.43. The number of nitrogens with one attached hydrogen (secondary N) is 1. The van der Waals surface area contributed by atoms with Gasteiger partial charge in [0.25, 0.3) is 0 Å². The SMILES string of the molecule is COc1ccc([C@@H](CC(=O)O)C2(F)CN(CCCCc3ccc4c(n3)NCCC4)C2)cn1. The van der Waals surface area contributed by atoms with E-state index in [0.717, 1.165) is 56.7 Å². The maximum Gasteiger partial charge on any atom is 0.304 e. The van der Waals surface area contributed by atoms with Crippen LogP contribution in [0.3, 0.4) is 0 Å². The third-order valence-electron chi connectivity index (χ3n) is 6.46. The van der Waals surface area contributed by atoms with Crippen molar-refractivity contribution in [2.45, 2.75) is 50.1 Å². The molecule has 1 fully saturated rings. The molecule has 0 unspecified atom stereocenters. The highest BCUT2D eigenvalue weighted by Crippen LogP contribution is 2.41. The zero-order valence-electron chi connectivity index (χ0n) is 18.5. The fraction of sp³-hybridized carbons (Fsp3) is 0.542. The molecular weight excluding hydrogens is 411 g/mol. The van der Waals surface area contributed by atoms with E-state index in [-0.39, 0.29) is 19.5 Å². The summed E-state index contributed by atoms with van der Waals surface area (Å²) >= 11 is 0. The van der Waals surface area contributed by atoms with Crippen molar-refractivity contribution in [2.75, 3.05) is 38.6 Å². The van der Waals surface area contributed by atoms with Crippen LogP contribution >= 0.6 is 0 Å². The van der Waals surface area contributed by atoms with Crippen molar-refractivity contribution in [3.8, 4) is 5.88 Å². The summed E-state index contributed by atoms with van der Waals surface area (Å²) in [6.45, 7) is 2.28. The Kier molecular flexibility index (Phi) is 6.89. The van der Waals surface area contributed by atoms with Gasteiger partial charge in [-0.05, 0) is 55.8 Å². The molecule has 2 aliphatic heterocycles. The lowest BCUT2D eigenvalue weighted by molar-refractivity contribution is -0.140. The number of alkyl halides is 1. The Morgan fingerprint density at radius 2 is 2.16 bits per heavy atom. The van der Waals surface area contributed by atoms with Gasteiger partial charge >= 0.3 is 5.97 Å². The van der Waals surface area contributed by atoms with Crippen molar-refractivity contribution in [1.29, 1.82) is 0 Å². The lowest BCUT2D eigenvalue weighted by atomic mass is 9.76. The first-order chi connectivity index (χ1) is 15.5. The molecule has 1 atom stereocenters. The molecule has 0 aromatic carbocycles. The zero-order valence-corrected chi connectivity index (χ0v) is 18.5. The zero-order chi connectivity index (χ0) is 22.6. The van der Waals surface area contributed by atoms with Crippen molar-refractivity contribution in [3.63, 3.8) is 0 Å². The van der Waals surface area contributed by atoms with E-state index in [2.05, 4.69) is 27.3 Å². The second kappa shape index (κ2) is 9.81. The van der Waals surface area contributed by atoms with Crippen LogP contribution in [0.25, 0.3) is 0 Å². The molecule has 7 nitrogen and oxygen atoms in total. The van der Waals surface area contributed by atoms with Crippen LogP contribution in [0.5, 0.6) is 5.88 Å². The van der Waals surface area contributed by atoms with Gasteiger partial charge in [0.05, 0.1) is 13.5 Å². The standard InChI is InChI=1S/C24H31FN4O3/c1-32-21-10-8-18(14-27-21)20(13-22(30)31)24(25)15-29(16-24)12-3-2-6-19-9-7-17-5-4-11-26-23(17)28-19/h7-10,14,20H,2-6,11-13,15-16H2,1H3,(H,26,28)(H,30,31)/t20-/m1/s1. The minimum absolute atomic E-state index is 0.248. The van der Waals surface area contributed by atoms with Gasteiger partial charge in [0.1, 0.15) is 11.5 Å². The Morgan fingerprint density at radius 1 is 1.31 bits per heavy atom. The van der Waals surface area contributed by atoms with E-state index in [9.17, 15) is 9.90 Å². The fourth-order valence-electron chi connectivity index (χ4n) is 4.72. The molecule has 0 bridgehead atoms. The number of halogens is 1. The Bertz CT molecular complexity index is 931. The Hall–Kier alpha value is -2.74. The number of ether oxygens (including phenoxy) is 1. The van der Waals surface area contributed by atoms with Crippen molar-refractivity contribution >= 4 is 11.8 Å². The van der Waals surface area contributed by atoms with E-state index in [1.807, 2.05) is 0 Å². The minimum Gasteiger partial charge on any atom is -0.481 e. The normalized spacial score (nSPS) is 18.2. The Morgan fingerprint density at radius 3 is 2.88 bits per heavy atom. The summed E-state index contributed by atoms with van der Waals surface area (Å²) in [7, 11) is 1.51. The molecule has 4 rings (SSSR count). The average molecular weight is 443 g/mol. The number of nitrogens with zero attached hydrogens (tertiary/aromatic N) is 3. The van der Waals surface area contributed by atoms with Gasteiger partial charge in [0, 0.05) is 43.5 Å². The summed E-state index contributed by atoms with van der Waals surface area (Å²) in [5, 5.41) is 12.7.